The van der Waals surface area contributed by atoms with Crippen molar-refractivity contribution in [1.82, 2.24) is 9.78 Å². The highest BCUT2D eigenvalue weighted by Crippen LogP contribution is 2.22. The van der Waals surface area contributed by atoms with E-state index < -0.39 is 0 Å². The minimum atomic E-state index is 0.676. The molecule has 1 aromatic carbocycles. The summed E-state index contributed by atoms with van der Waals surface area (Å²) in [5.41, 5.74) is 3.08. The van der Waals surface area contributed by atoms with E-state index >= 15 is 0 Å². The summed E-state index contributed by atoms with van der Waals surface area (Å²) in [6.07, 6.45) is 0. The van der Waals surface area contributed by atoms with Gasteiger partial charge in [-0.1, -0.05) is 0 Å². The first-order valence-corrected chi connectivity index (χ1v) is 6.10. The number of rotatable bonds is 5. The van der Waals surface area contributed by atoms with Crippen LogP contribution < -0.4 is 14.8 Å². The number of methoxy groups -OCH3 is 2. The highest BCUT2D eigenvalue weighted by Gasteiger charge is 2.13. The van der Waals surface area contributed by atoms with Gasteiger partial charge in [-0.25, -0.2) is 4.68 Å². The van der Waals surface area contributed by atoms with Crippen LogP contribution in [0.5, 0.6) is 11.6 Å². The normalized spacial score (nSPS) is 10.3. The molecule has 0 amide bonds. The van der Waals surface area contributed by atoms with Crippen LogP contribution in [0.1, 0.15) is 11.3 Å². The second-order valence-electron chi connectivity index (χ2n) is 4.28. The predicted octanol–water partition coefficient (Wildman–Crippen LogP) is 2.36. The summed E-state index contributed by atoms with van der Waals surface area (Å²) in [5.74, 6) is 1.64. The zero-order chi connectivity index (χ0) is 13.8. The fourth-order valence-electron chi connectivity index (χ4n) is 2.04. The summed E-state index contributed by atoms with van der Waals surface area (Å²) in [6, 6.07) is 7.82. The molecule has 0 atom stereocenters. The number of anilines is 1. The molecule has 0 aliphatic heterocycles. The quantitative estimate of drug-likeness (QED) is 0.897. The SMILES string of the molecule is COc1ccc(NCc2c(C)nn(C)c2OC)cc1. The first kappa shape index (κ1) is 13.3. The minimum Gasteiger partial charge on any atom is -0.497 e. The zero-order valence-corrected chi connectivity index (χ0v) is 11.7. The van der Waals surface area contributed by atoms with Crippen molar-refractivity contribution in [3.05, 3.63) is 35.5 Å². The summed E-state index contributed by atoms with van der Waals surface area (Å²) in [5, 5.41) is 7.71. The van der Waals surface area contributed by atoms with E-state index in [-0.39, 0.29) is 0 Å². The summed E-state index contributed by atoms with van der Waals surface area (Å²) in [7, 11) is 5.20. The first-order chi connectivity index (χ1) is 9.15. The number of aryl methyl sites for hydroxylation is 2. The second kappa shape index (κ2) is 5.65. The van der Waals surface area contributed by atoms with E-state index in [0.29, 0.717) is 6.54 Å². The highest BCUT2D eigenvalue weighted by molar-refractivity contribution is 5.47. The molecule has 0 spiro atoms. The molecule has 0 fully saturated rings. The Morgan fingerprint density at radius 3 is 2.42 bits per heavy atom. The van der Waals surface area contributed by atoms with Gasteiger partial charge in [0.2, 0.25) is 5.88 Å². The van der Waals surface area contributed by atoms with Crippen LogP contribution in [0.25, 0.3) is 0 Å². The van der Waals surface area contributed by atoms with Crippen molar-refractivity contribution >= 4 is 5.69 Å². The molecular weight excluding hydrogens is 242 g/mol. The number of nitrogens with one attached hydrogen (secondary N) is 1. The maximum absolute atomic E-state index is 5.36. The van der Waals surface area contributed by atoms with Crippen LogP contribution in [-0.4, -0.2) is 24.0 Å². The van der Waals surface area contributed by atoms with Crippen LogP contribution in [0.15, 0.2) is 24.3 Å². The number of nitrogens with zero attached hydrogens (tertiary/aromatic N) is 2. The molecular formula is C14H19N3O2. The fraction of sp³-hybridized carbons (Fsp3) is 0.357. The van der Waals surface area contributed by atoms with Gasteiger partial charge in [0, 0.05) is 19.3 Å². The lowest BCUT2D eigenvalue weighted by Crippen LogP contribution is -2.02. The van der Waals surface area contributed by atoms with Gasteiger partial charge in [0.1, 0.15) is 5.75 Å². The fourth-order valence-corrected chi connectivity index (χ4v) is 2.04. The Morgan fingerprint density at radius 1 is 1.16 bits per heavy atom. The number of aromatic nitrogens is 2. The van der Waals surface area contributed by atoms with Gasteiger partial charge in [0.15, 0.2) is 0 Å². The van der Waals surface area contributed by atoms with Crippen molar-refractivity contribution in [2.45, 2.75) is 13.5 Å². The summed E-state index contributed by atoms with van der Waals surface area (Å²) < 4.78 is 12.2. The third-order valence-electron chi connectivity index (χ3n) is 3.04. The van der Waals surface area contributed by atoms with E-state index in [9.17, 15) is 0 Å². The largest absolute Gasteiger partial charge is 0.497 e. The molecule has 5 nitrogen and oxygen atoms in total. The molecule has 19 heavy (non-hydrogen) atoms. The van der Waals surface area contributed by atoms with Gasteiger partial charge in [-0.05, 0) is 31.2 Å². The van der Waals surface area contributed by atoms with Crippen molar-refractivity contribution in [3.63, 3.8) is 0 Å². The Hall–Kier alpha value is -2.17. The van der Waals surface area contributed by atoms with E-state index in [1.807, 2.05) is 38.2 Å². The topological polar surface area (TPSA) is 48.3 Å². The molecule has 102 valence electrons. The Labute approximate surface area is 113 Å². The molecule has 0 radical (unpaired) electrons. The molecule has 5 heteroatoms. The average Bonchev–Trinajstić information content (AvgIpc) is 2.70. The van der Waals surface area contributed by atoms with Gasteiger partial charge in [-0.15, -0.1) is 0 Å². The molecule has 0 saturated carbocycles. The van der Waals surface area contributed by atoms with Gasteiger partial charge in [0.25, 0.3) is 0 Å². The highest BCUT2D eigenvalue weighted by atomic mass is 16.5. The molecule has 2 rings (SSSR count). The Morgan fingerprint density at radius 2 is 1.84 bits per heavy atom. The molecule has 2 aromatic rings. The molecule has 1 aromatic heterocycles. The smallest absolute Gasteiger partial charge is 0.216 e. The Kier molecular flexibility index (Phi) is 3.94. The lowest BCUT2D eigenvalue weighted by atomic mass is 10.2. The third kappa shape index (κ3) is 2.81. The predicted molar refractivity (Wildman–Crippen MR) is 74.8 cm³/mol. The van der Waals surface area contributed by atoms with Crippen LogP contribution in [-0.2, 0) is 13.6 Å². The van der Waals surface area contributed by atoms with Crippen LogP contribution in [0.4, 0.5) is 5.69 Å². The van der Waals surface area contributed by atoms with E-state index in [2.05, 4.69) is 10.4 Å². The van der Waals surface area contributed by atoms with Crippen LogP contribution in [0, 0.1) is 6.92 Å². The van der Waals surface area contributed by atoms with Gasteiger partial charge in [0.05, 0.1) is 25.5 Å². The van der Waals surface area contributed by atoms with Crippen molar-refractivity contribution in [1.29, 1.82) is 0 Å². The zero-order valence-electron chi connectivity index (χ0n) is 11.7. The number of ether oxygens (including phenoxy) is 2. The molecule has 0 aliphatic carbocycles. The Bertz CT molecular complexity index is 547. The van der Waals surface area contributed by atoms with E-state index in [0.717, 1.165) is 28.6 Å². The van der Waals surface area contributed by atoms with Gasteiger partial charge >= 0.3 is 0 Å². The summed E-state index contributed by atoms with van der Waals surface area (Å²) >= 11 is 0. The molecule has 1 heterocycles. The lowest BCUT2D eigenvalue weighted by Gasteiger charge is -2.08. The van der Waals surface area contributed by atoms with Crippen LogP contribution >= 0.6 is 0 Å². The van der Waals surface area contributed by atoms with Gasteiger partial charge in [-0.3, -0.25) is 0 Å². The molecule has 0 unspecified atom stereocenters. The van der Waals surface area contributed by atoms with Crippen LogP contribution in [0.3, 0.4) is 0 Å². The Balaban J connectivity index is 2.09. The van der Waals surface area contributed by atoms with E-state index in [1.54, 1.807) is 18.9 Å². The maximum Gasteiger partial charge on any atom is 0.216 e. The van der Waals surface area contributed by atoms with Gasteiger partial charge < -0.3 is 14.8 Å². The lowest BCUT2D eigenvalue weighted by molar-refractivity contribution is 0.370. The van der Waals surface area contributed by atoms with Crippen LogP contribution in [0.2, 0.25) is 0 Å². The van der Waals surface area contributed by atoms with E-state index in [1.165, 1.54) is 0 Å². The standard InChI is InChI=1S/C14H19N3O2/c1-10-13(14(19-4)17(2)16-10)9-15-11-5-7-12(18-3)8-6-11/h5-8,15H,9H2,1-4H3. The molecule has 0 saturated heterocycles. The van der Waals surface area contributed by atoms with Crippen molar-refractivity contribution in [2.75, 3.05) is 19.5 Å². The average molecular weight is 261 g/mol. The maximum atomic E-state index is 5.36. The molecule has 1 N–H and O–H groups in total. The summed E-state index contributed by atoms with van der Waals surface area (Å²) in [6.45, 7) is 2.66. The monoisotopic (exact) mass is 261 g/mol. The van der Waals surface area contributed by atoms with Crippen molar-refractivity contribution in [3.8, 4) is 11.6 Å². The molecule has 0 aliphatic rings. The summed E-state index contributed by atoms with van der Waals surface area (Å²) in [4.78, 5) is 0. The third-order valence-corrected chi connectivity index (χ3v) is 3.04. The minimum absolute atomic E-state index is 0.676. The molecule has 0 bridgehead atoms. The second-order valence-corrected chi connectivity index (χ2v) is 4.28. The van der Waals surface area contributed by atoms with Gasteiger partial charge in [-0.2, -0.15) is 5.10 Å². The van der Waals surface area contributed by atoms with Crippen molar-refractivity contribution < 1.29 is 9.47 Å². The number of hydrogen-bond donors (Lipinski definition) is 1. The van der Waals surface area contributed by atoms with Crippen molar-refractivity contribution in [2.24, 2.45) is 7.05 Å². The van der Waals surface area contributed by atoms with E-state index in [4.69, 9.17) is 9.47 Å². The number of hydrogen-bond acceptors (Lipinski definition) is 4. The first-order valence-electron chi connectivity index (χ1n) is 6.10. The number of benzene rings is 1.